The molecule has 0 aliphatic rings. The topological polar surface area (TPSA) is 35.2 Å². The predicted octanol–water partition coefficient (Wildman–Crippen LogP) is 3.74. The van der Waals surface area contributed by atoms with E-state index in [9.17, 15) is 0 Å². The zero-order valence-electron chi connectivity index (χ0n) is 11.9. The Hall–Kier alpha value is -0.0800. The third-order valence-electron chi connectivity index (χ3n) is 3.49. The Kier molecular flexibility index (Phi) is 8.04. The van der Waals surface area contributed by atoms with Crippen LogP contribution in [0.5, 0.6) is 0 Å². The molecule has 0 aromatic carbocycles. The molecule has 2 atom stereocenters. The lowest BCUT2D eigenvalue weighted by Gasteiger charge is -2.28. The second-order valence-corrected chi connectivity index (χ2v) is 5.58. The highest BCUT2D eigenvalue weighted by molar-refractivity contribution is 4.77. The quantitative estimate of drug-likeness (QED) is 0.654. The summed E-state index contributed by atoms with van der Waals surface area (Å²) >= 11 is 0. The van der Waals surface area contributed by atoms with Crippen molar-refractivity contribution in [1.29, 1.82) is 0 Å². The molecule has 98 valence electrons. The van der Waals surface area contributed by atoms with Gasteiger partial charge in [0.25, 0.3) is 0 Å². The number of hydrogen-bond donors (Lipinski definition) is 1. The van der Waals surface area contributed by atoms with Crippen LogP contribution in [0.3, 0.4) is 0 Å². The first-order valence-corrected chi connectivity index (χ1v) is 6.75. The molecule has 0 heterocycles. The van der Waals surface area contributed by atoms with E-state index in [0.29, 0.717) is 0 Å². The second kappa shape index (κ2) is 8.08. The van der Waals surface area contributed by atoms with Crippen molar-refractivity contribution < 1.29 is 4.74 Å². The normalized spacial score (nSPS) is 16.1. The second-order valence-electron chi connectivity index (χ2n) is 5.58. The molecule has 16 heavy (non-hydrogen) atoms. The van der Waals surface area contributed by atoms with Gasteiger partial charge in [0.1, 0.15) is 0 Å². The number of rotatable bonds is 9. The van der Waals surface area contributed by atoms with Crippen molar-refractivity contribution in [3.05, 3.63) is 0 Å². The Morgan fingerprint density at radius 3 is 2.31 bits per heavy atom. The summed E-state index contributed by atoms with van der Waals surface area (Å²) < 4.78 is 5.42. The molecule has 0 bridgehead atoms. The van der Waals surface area contributed by atoms with Crippen LogP contribution < -0.4 is 5.73 Å². The van der Waals surface area contributed by atoms with Crippen LogP contribution in [0.2, 0.25) is 0 Å². The van der Waals surface area contributed by atoms with Gasteiger partial charge in [-0.15, -0.1) is 0 Å². The summed E-state index contributed by atoms with van der Waals surface area (Å²) in [6, 6.07) is 0.275. The molecule has 0 aromatic rings. The van der Waals surface area contributed by atoms with Gasteiger partial charge in [-0.05, 0) is 32.6 Å². The fourth-order valence-electron chi connectivity index (χ4n) is 2.21. The van der Waals surface area contributed by atoms with Gasteiger partial charge in [0.15, 0.2) is 0 Å². The van der Waals surface area contributed by atoms with E-state index in [0.717, 1.165) is 18.8 Å². The third-order valence-corrected chi connectivity index (χ3v) is 3.49. The molecule has 0 fully saturated rings. The summed E-state index contributed by atoms with van der Waals surface area (Å²) in [6.45, 7) is 8.74. The van der Waals surface area contributed by atoms with Gasteiger partial charge in [0, 0.05) is 13.2 Å². The minimum Gasteiger partial charge on any atom is -0.379 e. The van der Waals surface area contributed by atoms with Crippen molar-refractivity contribution in [1.82, 2.24) is 0 Å². The van der Waals surface area contributed by atoms with E-state index in [1.54, 1.807) is 7.11 Å². The lowest BCUT2D eigenvalue weighted by atomic mass is 9.88. The van der Waals surface area contributed by atoms with Crippen LogP contribution in [-0.4, -0.2) is 18.8 Å². The van der Waals surface area contributed by atoms with Crippen LogP contribution in [0.15, 0.2) is 0 Å². The van der Waals surface area contributed by atoms with Crippen LogP contribution in [0.25, 0.3) is 0 Å². The molecule has 0 spiro atoms. The Bertz CT molecular complexity index is 168. The molecule has 0 amide bonds. The van der Waals surface area contributed by atoms with Crippen molar-refractivity contribution in [2.75, 3.05) is 7.11 Å². The molecule has 0 aliphatic carbocycles. The van der Waals surface area contributed by atoms with Gasteiger partial charge in [-0.1, -0.05) is 39.5 Å². The molecule has 2 unspecified atom stereocenters. The van der Waals surface area contributed by atoms with Gasteiger partial charge in [-0.2, -0.15) is 0 Å². The van der Waals surface area contributed by atoms with Gasteiger partial charge in [-0.3, -0.25) is 0 Å². The molecule has 2 nitrogen and oxygen atoms in total. The Labute approximate surface area is 102 Å². The molecule has 0 rings (SSSR count). The first-order valence-electron chi connectivity index (χ1n) is 6.75. The van der Waals surface area contributed by atoms with Crippen LogP contribution in [-0.2, 0) is 4.74 Å². The zero-order chi connectivity index (χ0) is 12.6. The highest BCUT2D eigenvalue weighted by atomic mass is 16.5. The number of unbranched alkanes of at least 4 members (excludes halogenated alkanes) is 1. The van der Waals surface area contributed by atoms with Gasteiger partial charge in [0.2, 0.25) is 0 Å². The van der Waals surface area contributed by atoms with E-state index in [2.05, 4.69) is 27.7 Å². The van der Waals surface area contributed by atoms with Gasteiger partial charge < -0.3 is 10.5 Å². The van der Waals surface area contributed by atoms with Crippen LogP contribution in [0, 0.1) is 5.92 Å². The summed E-state index contributed by atoms with van der Waals surface area (Å²) in [4.78, 5) is 0. The maximum absolute atomic E-state index is 6.20. The molecular formula is C14H31NO. The number of methoxy groups -OCH3 is 1. The minimum absolute atomic E-state index is 0.0809. The fourth-order valence-corrected chi connectivity index (χ4v) is 2.21. The Morgan fingerprint density at radius 2 is 1.88 bits per heavy atom. The summed E-state index contributed by atoms with van der Waals surface area (Å²) in [6.07, 6.45) is 7.29. The first kappa shape index (κ1) is 15.9. The summed E-state index contributed by atoms with van der Waals surface area (Å²) in [5, 5.41) is 0. The number of hydrogen-bond acceptors (Lipinski definition) is 2. The molecule has 2 N–H and O–H groups in total. The SMILES string of the molecule is CCCCC(CC)CC(N)CC(C)(C)OC. The average Bonchev–Trinajstić information content (AvgIpc) is 2.23. The Balaban J connectivity index is 3.95. The van der Waals surface area contributed by atoms with E-state index in [1.165, 1.54) is 25.7 Å². The summed E-state index contributed by atoms with van der Waals surface area (Å²) in [5.41, 5.74) is 6.12. The van der Waals surface area contributed by atoms with Gasteiger partial charge in [0.05, 0.1) is 5.60 Å². The van der Waals surface area contributed by atoms with E-state index in [4.69, 9.17) is 10.5 Å². The Morgan fingerprint density at radius 1 is 1.25 bits per heavy atom. The molecule has 0 saturated carbocycles. The molecule has 2 heteroatoms. The number of nitrogens with two attached hydrogens (primary N) is 1. The van der Waals surface area contributed by atoms with E-state index in [1.807, 2.05) is 0 Å². The summed E-state index contributed by atoms with van der Waals surface area (Å²) in [7, 11) is 1.76. The van der Waals surface area contributed by atoms with Crippen molar-refractivity contribution >= 4 is 0 Å². The molecular weight excluding hydrogens is 198 g/mol. The van der Waals surface area contributed by atoms with E-state index < -0.39 is 0 Å². The zero-order valence-corrected chi connectivity index (χ0v) is 11.9. The average molecular weight is 229 g/mol. The van der Waals surface area contributed by atoms with Crippen molar-refractivity contribution in [3.8, 4) is 0 Å². The van der Waals surface area contributed by atoms with E-state index in [-0.39, 0.29) is 11.6 Å². The summed E-state index contributed by atoms with van der Waals surface area (Å²) in [5.74, 6) is 0.794. The minimum atomic E-state index is -0.0809. The smallest absolute Gasteiger partial charge is 0.0637 e. The van der Waals surface area contributed by atoms with Crippen LogP contribution >= 0.6 is 0 Å². The molecule has 0 aliphatic heterocycles. The maximum Gasteiger partial charge on any atom is 0.0637 e. The van der Waals surface area contributed by atoms with E-state index >= 15 is 0 Å². The van der Waals surface area contributed by atoms with Crippen LogP contribution in [0.1, 0.15) is 66.2 Å². The van der Waals surface area contributed by atoms with Gasteiger partial charge >= 0.3 is 0 Å². The molecule has 0 radical (unpaired) electrons. The predicted molar refractivity (Wildman–Crippen MR) is 71.6 cm³/mol. The van der Waals surface area contributed by atoms with Crippen molar-refractivity contribution in [2.24, 2.45) is 11.7 Å². The van der Waals surface area contributed by atoms with Crippen molar-refractivity contribution in [3.63, 3.8) is 0 Å². The van der Waals surface area contributed by atoms with Gasteiger partial charge in [-0.25, -0.2) is 0 Å². The number of ether oxygens (including phenoxy) is 1. The fraction of sp³-hybridized carbons (Fsp3) is 1.00. The van der Waals surface area contributed by atoms with Crippen LogP contribution in [0.4, 0.5) is 0 Å². The third kappa shape index (κ3) is 7.24. The highest BCUT2D eigenvalue weighted by Gasteiger charge is 2.22. The molecule has 0 saturated heterocycles. The monoisotopic (exact) mass is 229 g/mol. The van der Waals surface area contributed by atoms with Crippen molar-refractivity contribution in [2.45, 2.75) is 77.9 Å². The standard InChI is InChI=1S/C14H31NO/c1-6-8-9-12(7-2)10-13(15)11-14(3,4)16-5/h12-13H,6-11,15H2,1-5H3. The maximum atomic E-state index is 6.20. The lowest BCUT2D eigenvalue weighted by Crippen LogP contribution is -2.35. The lowest BCUT2D eigenvalue weighted by molar-refractivity contribution is 0.00825. The largest absolute Gasteiger partial charge is 0.379 e. The highest BCUT2D eigenvalue weighted by Crippen LogP contribution is 2.23. The first-order chi connectivity index (χ1) is 7.45. The molecule has 0 aromatic heterocycles.